The number of hydrogen-bond donors (Lipinski definition) is 1. The zero-order valence-corrected chi connectivity index (χ0v) is 11.7. The molecule has 4 fully saturated rings. The molecule has 0 unspecified atom stereocenters. The van der Waals surface area contributed by atoms with Crippen LogP contribution in [0.25, 0.3) is 0 Å². The summed E-state index contributed by atoms with van der Waals surface area (Å²) >= 11 is 0. The molecule has 1 aromatic heterocycles. The topological polar surface area (TPSA) is 51.8 Å². The Morgan fingerprint density at radius 1 is 1.16 bits per heavy atom. The maximum absolute atomic E-state index is 5.73. The molecule has 102 valence electrons. The summed E-state index contributed by atoms with van der Waals surface area (Å²) in [6.45, 7) is 2.63. The van der Waals surface area contributed by atoms with Gasteiger partial charge in [-0.2, -0.15) is 0 Å². The van der Waals surface area contributed by atoms with Gasteiger partial charge in [-0.3, -0.25) is 0 Å². The molecule has 4 aliphatic rings. The lowest BCUT2D eigenvalue weighted by Gasteiger charge is -2.56. The number of nitrogens with two attached hydrogens (primary N) is 1. The van der Waals surface area contributed by atoms with Gasteiger partial charge in [0.15, 0.2) is 0 Å². The molecule has 0 radical (unpaired) electrons. The van der Waals surface area contributed by atoms with Gasteiger partial charge in [-0.25, -0.2) is 9.97 Å². The first-order valence-corrected chi connectivity index (χ1v) is 7.71. The van der Waals surface area contributed by atoms with Crippen molar-refractivity contribution in [3.8, 4) is 0 Å². The Morgan fingerprint density at radius 2 is 1.74 bits per heavy atom. The van der Waals surface area contributed by atoms with Crippen molar-refractivity contribution >= 4 is 0 Å². The third-order valence-corrected chi connectivity index (χ3v) is 5.81. The minimum Gasteiger partial charge on any atom is -0.326 e. The summed E-state index contributed by atoms with van der Waals surface area (Å²) in [6, 6.07) is 0. The van der Waals surface area contributed by atoms with Crippen LogP contribution in [0.3, 0.4) is 0 Å². The minimum atomic E-state index is 0.312. The quantitative estimate of drug-likeness (QED) is 0.886. The summed E-state index contributed by atoms with van der Waals surface area (Å²) in [5.74, 6) is 3.97. The SMILES string of the molecule is Cc1nc(C23CC4CC(CC(C4)C2)C3)ncc1CN. The largest absolute Gasteiger partial charge is 0.326 e. The molecule has 4 aliphatic carbocycles. The highest BCUT2D eigenvalue weighted by Gasteiger charge is 2.53. The van der Waals surface area contributed by atoms with E-state index in [1.807, 2.05) is 6.20 Å². The van der Waals surface area contributed by atoms with Gasteiger partial charge in [0.25, 0.3) is 0 Å². The maximum atomic E-state index is 5.73. The summed E-state index contributed by atoms with van der Waals surface area (Å²) in [5, 5.41) is 0. The predicted molar refractivity (Wildman–Crippen MR) is 74.5 cm³/mol. The van der Waals surface area contributed by atoms with E-state index in [9.17, 15) is 0 Å². The van der Waals surface area contributed by atoms with Crippen molar-refractivity contribution in [2.45, 2.75) is 57.4 Å². The Bertz CT molecular complexity index is 473. The number of rotatable bonds is 2. The molecule has 5 rings (SSSR count). The monoisotopic (exact) mass is 257 g/mol. The van der Waals surface area contributed by atoms with E-state index < -0.39 is 0 Å². The van der Waals surface area contributed by atoms with Crippen molar-refractivity contribution in [3.63, 3.8) is 0 Å². The molecule has 3 heteroatoms. The summed E-state index contributed by atoms with van der Waals surface area (Å²) in [5.41, 5.74) is 8.22. The van der Waals surface area contributed by atoms with Crippen LogP contribution in [0.15, 0.2) is 6.20 Å². The van der Waals surface area contributed by atoms with Gasteiger partial charge in [0, 0.05) is 29.4 Å². The molecular weight excluding hydrogens is 234 g/mol. The van der Waals surface area contributed by atoms with E-state index in [1.165, 1.54) is 38.5 Å². The predicted octanol–water partition coefficient (Wildman–Crippen LogP) is 2.71. The van der Waals surface area contributed by atoms with Crippen molar-refractivity contribution in [1.82, 2.24) is 9.97 Å². The van der Waals surface area contributed by atoms with Crippen molar-refractivity contribution < 1.29 is 0 Å². The van der Waals surface area contributed by atoms with Gasteiger partial charge in [0.05, 0.1) is 0 Å². The van der Waals surface area contributed by atoms with E-state index in [-0.39, 0.29) is 0 Å². The van der Waals surface area contributed by atoms with Crippen molar-refractivity contribution in [2.75, 3.05) is 0 Å². The standard InChI is InChI=1S/C16H23N3/c1-10-14(8-17)9-18-15(19-10)16-5-11-2-12(6-16)4-13(3-11)7-16/h9,11-13H,2-8,17H2,1H3. The van der Waals surface area contributed by atoms with Crippen LogP contribution in [0.4, 0.5) is 0 Å². The summed E-state index contributed by atoms with van der Waals surface area (Å²) in [7, 11) is 0. The van der Waals surface area contributed by atoms with Gasteiger partial charge in [0.1, 0.15) is 5.82 Å². The summed E-state index contributed by atoms with van der Waals surface area (Å²) in [4.78, 5) is 9.55. The molecule has 19 heavy (non-hydrogen) atoms. The maximum Gasteiger partial charge on any atom is 0.134 e. The fourth-order valence-corrected chi connectivity index (χ4v) is 5.33. The van der Waals surface area contributed by atoms with Crippen LogP contribution < -0.4 is 5.73 Å². The summed E-state index contributed by atoms with van der Waals surface area (Å²) in [6.07, 6.45) is 10.4. The fraction of sp³-hybridized carbons (Fsp3) is 0.750. The highest BCUT2D eigenvalue weighted by Crippen LogP contribution is 2.60. The Morgan fingerprint density at radius 3 is 2.21 bits per heavy atom. The van der Waals surface area contributed by atoms with Crippen molar-refractivity contribution in [2.24, 2.45) is 23.5 Å². The van der Waals surface area contributed by atoms with Crippen molar-refractivity contribution in [3.05, 3.63) is 23.3 Å². The number of hydrogen-bond acceptors (Lipinski definition) is 3. The normalized spacial score (nSPS) is 39.8. The van der Waals surface area contributed by atoms with Gasteiger partial charge in [-0.1, -0.05) is 0 Å². The zero-order valence-electron chi connectivity index (χ0n) is 11.7. The van der Waals surface area contributed by atoms with Gasteiger partial charge in [0.2, 0.25) is 0 Å². The van der Waals surface area contributed by atoms with Gasteiger partial charge in [-0.05, 0) is 63.2 Å². The van der Waals surface area contributed by atoms with E-state index in [0.717, 1.165) is 34.8 Å². The van der Waals surface area contributed by atoms with Crippen LogP contribution in [-0.2, 0) is 12.0 Å². The molecule has 0 amide bonds. The van der Waals surface area contributed by atoms with E-state index in [1.54, 1.807) is 0 Å². The first-order valence-electron chi connectivity index (χ1n) is 7.71. The molecule has 0 saturated heterocycles. The molecule has 0 aromatic carbocycles. The third kappa shape index (κ3) is 1.74. The van der Waals surface area contributed by atoms with Crippen LogP contribution >= 0.6 is 0 Å². The highest BCUT2D eigenvalue weighted by atomic mass is 14.9. The van der Waals surface area contributed by atoms with Gasteiger partial charge < -0.3 is 5.73 Å². The second-order valence-electron chi connectivity index (χ2n) is 7.21. The first-order chi connectivity index (χ1) is 9.18. The van der Waals surface area contributed by atoms with Crippen LogP contribution in [0.5, 0.6) is 0 Å². The van der Waals surface area contributed by atoms with E-state index >= 15 is 0 Å². The van der Waals surface area contributed by atoms with E-state index in [4.69, 9.17) is 15.7 Å². The van der Waals surface area contributed by atoms with E-state index in [2.05, 4.69) is 6.92 Å². The lowest BCUT2D eigenvalue weighted by molar-refractivity contribution is -0.00949. The highest BCUT2D eigenvalue weighted by molar-refractivity contribution is 5.22. The molecule has 3 nitrogen and oxygen atoms in total. The third-order valence-electron chi connectivity index (χ3n) is 5.81. The van der Waals surface area contributed by atoms with E-state index in [0.29, 0.717) is 12.0 Å². The molecule has 1 aromatic rings. The van der Waals surface area contributed by atoms with Crippen LogP contribution in [0, 0.1) is 24.7 Å². The Kier molecular flexibility index (Phi) is 2.50. The number of aromatic nitrogens is 2. The minimum absolute atomic E-state index is 0.312. The molecule has 1 heterocycles. The van der Waals surface area contributed by atoms with Gasteiger partial charge in [-0.15, -0.1) is 0 Å². The Hall–Kier alpha value is -0.960. The van der Waals surface area contributed by atoms with Crippen LogP contribution in [0.2, 0.25) is 0 Å². The second kappa shape index (κ2) is 4.02. The first kappa shape index (κ1) is 11.8. The molecule has 0 atom stereocenters. The molecule has 0 spiro atoms. The second-order valence-corrected chi connectivity index (χ2v) is 7.21. The van der Waals surface area contributed by atoms with Crippen molar-refractivity contribution in [1.29, 1.82) is 0 Å². The summed E-state index contributed by atoms with van der Waals surface area (Å²) < 4.78 is 0. The molecular formula is C16H23N3. The molecule has 0 aliphatic heterocycles. The molecule has 4 bridgehead atoms. The van der Waals surface area contributed by atoms with Crippen LogP contribution in [0.1, 0.15) is 55.6 Å². The average Bonchev–Trinajstić information content (AvgIpc) is 2.37. The lowest BCUT2D eigenvalue weighted by atomic mass is 9.49. The molecule has 2 N–H and O–H groups in total. The Balaban J connectivity index is 1.73. The lowest BCUT2D eigenvalue weighted by Crippen LogP contribution is -2.49. The smallest absolute Gasteiger partial charge is 0.134 e. The van der Waals surface area contributed by atoms with Gasteiger partial charge >= 0.3 is 0 Å². The zero-order chi connectivity index (χ0) is 13.0. The molecule has 4 saturated carbocycles. The number of aryl methyl sites for hydroxylation is 1. The van der Waals surface area contributed by atoms with Crippen LogP contribution in [-0.4, -0.2) is 9.97 Å². The number of nitrogens with zero attached hydrogens (tertiary/aromatic N) is 2. The average molecular weight is 257 g/mol. The fourth-order valence-electron chi connectivity index (χ4n) is 5.33. The Labute approximate surface area is 115 Å².